The molecule has 0 atom stereocenters. The van der Waals surface area contributed by atoms with E-state index in [1.165, 1.54) is 37.3 Å². The van der Waals surface area contributed by atoms with E-state index < -0.39 is 5.97 Å². The van der Waals surface area contributed by atoms with Gasteiger partial charge in [0.25, 0.3) is 5.91 Å². The monoisotopic (exact) mass is 679 g/mol. The molecule has 4 aromatic rings. The number of ether oxygens (including phenoxy) is 4. The summed E-state index contributed by atoms with van der Waals surface area (Å²) in [6, 6.07) is 12.3. The molecule has 0 aliphatic heterocycles. The number of aryl methyl sites for hydroxylation is 1. The summed E-state index contributed by atoms with van der Waals surface area (Å²) in [7, 11) is 3.03. The van der Waals surface area contributed by atoms with E-state index >= 15 is 0 Å². The molecule has 248 valence electrons. The number of nitrogens with zero attached hydrogens (tertiary/aromatic N) is 3. The summed E-state index contributed by atoms with van der Waals surface area (Å²) in [6.45, 7) is 4.51. The summed E-state index contributed by atoms with van der Waals surface area (Å²) in [5.41, 5.74) is 2.53. The Labute approximate surface area is 281 Å². The molecule has 5 rings (SSSR count). The number of esters is 1. The van der Waals surface area contributed by atoms with E-state index in [-0.39, 0.29) is 30.7 Å². The molecule has 0 fully saturated rings. The van der Waals surface area contributed by atoms with Crippen molar-refractivity contribution in [2.75, 3.05) is 38.5 Å². The molecule has 0 saturated heterocycles. The molecule has 2 aromatic carbocycles. The minimum atomic E-state index is -0.413. The van der Waals surface area contributed by atoms with Crippen molar-refractivity contribution in [3.63, 3.8) is 0 Å². The molecule has 1 aliphatic carbocycles. The zero-order valence-corrected chi connectivity index (χ0v) is 28.3. The van der Waals surface area contributed by atoms with Gasteiger partial charge in [0.2, 0.25) is 5.91 Å². The van der Waals surface area contributed by atoms with Crippen LogP contribution in [0, 0.1) is 0 Å². The number of methoxy groups -OCH3 is 2. The van der Waals surface area contributed by atoms with Crippen molar-refractivity contribution in [3.05, 3.63) is 69.9 Å². The van der Waals surface area contributed by atoms with Crippen molar-refractivity contribution in [2.45, 2.75) is 51.2 Å². The van der Waals surface area contributed by atoms with Crippen molar-refractivity contribution in [2.24, 2.45) is 0 Å². The molecule has 0 saturated carbocycles. The molecule has 0 bridgehead atoms. The second kappa shape index (κ2) is 15.8. The topological polar surface area (TPSA) is 143 Å². The first-order chi connectivity index (χ1) is 22.8. The molecule has 2 aromatic heterocycles. The van der Waals surface area contributed by atoms with Crippen molar-refractivity contribution >= 4 is 45.9 Å². The van der Waals surface area contributed by atoms with Crippen LogP contribution in [0.3, 0.4) is 0 Å². The van der Waals surface area contributed by atoms with Gasteiger partial charge in [-0.3, -0.25) is 14.2 Å². The molecular formula is C33H37N5O7S2. The number of thioether (sulfide) groups is 1. The van der Waals surface area contributed by atoms with Gasteiger partial charge in [0.05, 0.1) is 45.3 Å². The molecule has 0 spiro atoms. The summed E-state index contributed by atoms with van der Waals surface area (Å²) >= 11 is 2.64. The van der Waals surface area contributed by atoms with Gasteiger partial charge in [-0.1, -0.05) is 11.8 Å². The first-order valence-electron chi connectivity index (χ1n) is 15.3. The van der Waals surface area contributed by atoms with Crippen molar-refractivity contribution < 1.29 is 33.3 Å². The lowest BCUT2D eigenvalue weighted by molar-refractivity contribution is -0.113. The van der Waals surface area contributed by atoms with Crippen LogP contribution in [0.2, 0.25) is 0 Å². The van der Waals surface area contributed by atoms with E-state index in [1.54, 1.807) is 29.7 Å². The number of nitrogens with one attached hydrogen (secondary N) is 2. The number of anilines is 1. The molecule has 2 amide bonds. The minimum absolute atomic E-state index is 0.00988. The van der Waals surface area contributed by atoms with Gasteiger partial charge in [-0.05, 0) is 81.5 Å². The van der Waals surface area contributed by atoms with Crippen LogP contribution < -0.4 is 24.8 Å². The van der Waals surface area contributed by atoms with Gasteiger partial charge in [0.15, 0.2) is 11.0 Å². The Morgan fingerprint density at radius 2 is 1.66 bits per heavy atom. The Morgan fingerprint density at radius 1 is 0.936 bits per heavy atom. The molecule has 0 unspecified atom stereocenters. The van der Waals surface area contributed by atoms with E-state index in [0.29, 0.717) is 51.0 Å². The first kappa shape index (κ1) is 33.8. The summed E-state index contributed by atoms with van der Waals surface area (Å²) in [6.07, 6.45) is 3.72. The lowest BCUT2D eigenvalue weighted by atomic mass is 9.95. The van der Waals surface area contributed by atoms with Crippen molar-refractivity contribution in [1.82, 2.24) is 20.1 Å². The largest absolute Gasteiger partial charge is 0.497 e. The van der Waals surface area contributed by atoms with Gasteiger partial charge in [0.1, 0.15) is 22.2 Å². The quantitative estimate of drug-likeness (QED) is 0.130. The SMILES string of the molecule is CCOC(=O)c1c(NC(=O)CSc2nnc(CNC(=O)c3cc(OC)cc(OC)c3)n2-c2ccc(OCC)cc2)sc2c1CCCC2. The first-order valence-corrected chi connectivity index (χ1v) is 17.1. The van der Waals surface area contributed by atoms with Crippen LogP contribution in [-0.2, 0) is 28.9 Å². The van der Waals surface area contributed by atoms with Crippen LogP contribution in [0.4, 0.5) is 5.00 Å². The zero-order chi connectivity index (χ0) is 33.3. The number of amides is 2. The Bertz CT molecular complexity index is 1710. The van der Waals surface area contributed by atoms with E-state index in [0.717, 1.165) is 41.8 Å². The number of carbonyl (C=O) groups excluding carboxylic acids is 3. The Morgan fingerprint density at radius 3 is 2.34 bits per heavy atom. The van der Waals surface area contributed by atoms with E-state index in [4.69, 9.17) is 18.9 Å². The lowest BCUT2D eigenvalue weighted by Crippen LogP contribution is -2.24. The Balaban J connectivity index is 1.35. The minimum Gasteiger partial charge on any atom is -0.497 e. The summed E-state index contributed by atoms with van der Waals surface area (Å²) < 4.78 is 23.3. The smallest absolute Gasteiger partial charge is 0.341 e. The predicted molar refractivity (Wildman–Crippen MR) is 180 cm³/mol. The van der Waals surface area contributed by atoms with Crippen molar-refractivity contribution in [1.29, 1.82) is 0 Å². The summed E-state index contributed by atoms with van der Waals surface area (Å²) in [5.74, 6) is 1.09. The number of aromatic nitrogens is 3. The molecule has 1 aliphatic rings. The van der Waals surface area contributed by atoms with E-state index in [9.17, 15) is 14.4 Å². The predicted octanol–water partition coefficient (Wildman–Crippen LogP) is 5.46. The van der Waals surface area contributed by atoms with E-state index in [2.05, 4.69) is 20.8 Å². The normalized spacial score (nSPS) is 12.2. The van der Waals surface area contributed by atoms with Crippen LogP contribution >= 0.6 is 23.1 Å². The number of rotatable bonds is 14. The van der Waals surface area contributed by atoms with E-state index in [1.807, 2.05) is 31.2 Å². The zero-order valence-electron chi connectivity index (χ0n) is 26.7. The van der Waals surface area contributed by atoms with Gasteiger partial charge < -0.3 is 29.6 Å². The maximum absolute atomic E-state index is 13.3. The fourth-order valence-electron chi connectivity index (χ4n) is 5.19. The van der Waals surface area contributed by atoms with Crippen LogP contribution in [0.1, 0.15) is 63.7 Å². The summed E-state index contributed by atoms with van der Waals surface area (Å²) in [4.78, 5) is 40.3. The third-order valence-corrected chi connectivity index (χ3v) is 9.50. The highest BCUT2D eigenvalue weighted by atomic mass is 32.2. The van der Waals surface area contributed by atoms with Crippen LogP contribution in [0.25, 0.3) is 5.69 Å². The Kier molecular flexibility index (Phi) is 11.4. The molecule has 2 N–H and O–H groups in total. The fraction of sp³-hybridized carbons (Fsp3) is 0.364. The average Bonchev–Trinajstić information content (AvgIpc) is 3.67. The highest BCUT2D eigenvalue weighted by molar-refractivity contribution is 7.99. The maximum atomic E-state index is 13.3. The second-order valence-corrected chi connectivity index (χ2v) is 12.5. The van der Waals surface area contributed by atoms with Crippen LogP contribution in [0.15, 0.2) is 47.6 Å². The Hall–Kier alpha value is -4.56. The fourth-order valence-corrected chi connectivity index (χ4v) is 7.26. The molecule has 47 heavy (non-hydrogen) atoms. The van der Waals surface area contributed by atoms with Crippen LogP contribution in [0.5, 0.6) is 17.2 Å². The van der Waals surface area contributed by atoms with Crippen molar-refractivity contribution in [3.8, 4) is 22.9 Å². The highest BCUT2D eigenvalue weighted by Crippen LogP contribution is 2.39. The number of thiophene rings is 1. The van der Waals surface area contributed by atoms with Gasteiger partial charge in [-0.25, -0.2) is 4.79 Å². The third kappa shape index (κ3) is 8.06. The number of hydrogen-bond donors (Lipinski definition) is 2. The van der Waals surface area contributed by atoms with Crippen LogP contribution in [-0.4, -0.2) is 65.7 Å². The molecular weight excluding hydrogens is 643 g/mol. The second-order valence-electron chi connectivity index (χ2n) is 10.4. The van der Waals surface area contributed by atoms with Gasteiger partial charge >= 0.3 is 5.97 Å². The number of benzene rings is 2. The standard InChI is InChI=1S/C33H37N5O7S2/c1-5-44-22-13-11-21(12-14-22)38-27(18-34-30(40)20-15-23(42-3)17-24(16-20)43-4)36-37-33(38)46-19-28(39)35-31-29(32(41)45-6-2)25-9-7-8-10-26(25)47-31/h11-17H,5-10,18-19H2,1-4H3,(H,34,40)(H,35,39). The number of carbonyl (C=O) groups is 3. The molecule has 2 heterocycles. The van der Waals surface area contributed by atoms with Gasteiger partial charge in [-0.15, -0.1) is 21.5 Å². The van der Waals surface area contributed by atoms with Gasteiger partial charge in [0, 0.05) is 22.2 Å². The maximum Gasteiger partial charge on any atom is 0.341 e. The number of fused-ring (bicyclic) bond motifs is 1. The number of hydrogen-bond acceptors (Lipinski definition) is 11. The molecule has 0 radical (unpaired) electrons. The average molecular weight is 680 g/mol. The molecule has 14 heteroatoms. The van der Waals surface area contributed by atoms with Gasteiger partial charge in [-0.2, -0.15) is 0 Å². The molecule has 12 nitrogen and oxygen atoms in total. The summed E-state index contributed by atoms with van der Waals surface area (Å²) in [5, 5.41) is 15.5. The highest BCUT2D eigenvalue weighted by Gasteiger charge is 2.27. The third-order valence-electron chi connectivity index (χ3n) is 7.36. The lowest BCUT2D eigenvalue weighted by Gasteiger charge is -2.13.